The fourth-order valence-electron chi connectivity index (χ4n) is 2.80. The van der Waals surface area contributed by atoms with Crippen LogP contribution in [0.1, 0.15) is 32.3 Å². The minimum absolute atomic E-state index is 0.226. The third-order valence-corrected chi connectivity index (χ3v) is 3.93. The Bertz CT molecular complexity index is 610. The SMILES string of the molecule is C=C1CC(C(=O)OCC)(C(=O)OCC)C/C1=C\c1ccccc1. The van der Waals surface area contributed by atoms with E-state index in [1.165, 1.54) is 0 Å². The molecule has 0 aromatic heterocycles. The van der Waals surface area contributed by atoms with E-state index >= 15 is 0 Å². The predicted molar refractivity (Wildman–Crippen MR) is 88.5 cm³/mol. The van der Waals surface area contributed by atoms with Crippen molar-refractivity contribution < 1.29 is 19.1 Å². The second-order valence-corrected chi connectivity index (χ2v) is 5.56. The van der Waals surface area contributed by atoms with Gasteiger partial charge in [-0.25, -0.2) is 0 Å². The van der Waals surface area contributed by atoms with Crippen molar-refractivity contribution in [3.8, 4) is 0 Å². The molecule has 1 aromatic rings. The smallest absolute Gasteiger partial charge is 0.324 e. The first kappa shape index (κ1) is 17.0. The summed E-state index contributed by atoms with van der Waals surface area (Å²) in [6, 6.07) is 9.75. The predicted octanol–water partition coefficient (Wildman–Crippen LogP) is 3.53. The van der Waals surface area contributed by atoms with Gasteiger partial charge in [-0.2, -0.15) is 0 Å². The number of benzene rings is 1. The first-order valence-corrected chi connectivity index (χ1v) is 7.81. The summed E-state index contributed by atoms with van der Waals surface area (Å²) in [5, 5.41) is 0. The van der Waals surface area contributed by atoms with Crippen LogP contribution < -0.4 is 0 Å². The molecule has 1 aliphatic rings. The van der Waals surface area contributed by atoms with Crippen molar-refractivity contribution in [1.29, 1.82) is 0 Å². The summed E-state index contributed by atoms with van der Waals surface area (Å²) in [6.07, 6.45) is 2.46. The molecule has 0 spiro atoms. The van der Waals surface area contributed by atoms with Gasteiger partial charge in [-0.15, -0.1) is 0 Å². The van der Waals surface area contributed by atoms with Crippen LogP contribution in [0.4, 0.5) is 0 Å². The molecule has 0 bridgehead atoms. The van der Waals surface area contributed by atoms with E-state index < -0.39 is 17.4 Å². The van der Waals surface area contributed by atoms with Gasteiger partial charge in [0.1, 0.15) is 0 Å². The molecular formula is C19H22O4. The Morgan fingerprint density at radius 3 is 2.17 bits per heavy atom. The van der Waals surface area contributed by atoms with Gasteiger partial charge in [0.05, 0.1) is 13.2 Å². The van der Waals surface area contributed by atoms with E-state index in [4.69, 9.17) is 9.47 Å². The third kappa shape index (κ3) is 3.52. The summed E-state index contributed by atoms with van der Waals surface area (Å²) in [7, 11) is 0. The molecule has 4 heteroatoms. The lowest BCUT2D eigenvalue weighted by Gasteiger charge is -2.23. The van der Waals surface area contributed by atoms with Crippen molar-refractivity contribution in [2.45, 2.75) is 26.7 Å². The van der Waals surface area contributed by atoms with Crippen LogP contribution in [0.25, 0.3) is 6.08 Å². The number of hydrogen-bond acceptors (Lipinski definition) is 4. The highest BCUT2D eigenvalue weighted by molar-refractivity contribution is 6.02. The Kier molecular flexibility index (Phi) is 5.37. The van der Waals surface area contributed by atoms with Crippen LogP contribution in [0.2, 0.25) is 0 Å². The average Bonchev–Trinajstić information content (AvgIpc) is 2.87. The van der Waals surface area contributed by atoms with E-state index in [0.717, 1.165) is 16.7 Å². The summed E-state index contributed by atoms with van der Waals surface area (Å²) in [4.78, 5) is 24.9. The summed E-state index contributed by atoms with van der Waals surface area (Å²) in [5.74, 6) is -1.06. The fraction of sp³-hybridized carbons (Fsp3) is 0.368. The minimum atomic E-state index is -1.30. The standard InChI is InChI=1S/C19H22O4/c1-4-22-17(20)19(18(21)23-5-2)12-14(3)16(13-19)11-15-9-7-6-8-10-15/h6-11H,3-5,12-13H2,1-2H3/b16-11+. The maximum absolute atomic E-state index is 12.4. The van der Waals surface area contributed by atoms with E-state index in [0.29, 0.717) is 0 Å². The van der Waals surface area contributed by atoms with E-state index in [-0.39, 0.29) is 26.1 Å². The molecule has 122 valence electrons. The molecule has 0 radical (unpaired) electrons. The largest absolute Gasteiger partial charge is 0.465 e. The molecular weight excluding hydrogens is 292 g/mol. The monoisotopic (exact) mass is 314 g/mol. The highest BCUT2D eigenvalue weighted by Crippen LogP contribution is 2.47. The van der Waals surface area contributed by atoms with E-state index in [9.17, 15) is 9.59 Å². The maximum atomic E-state index is 12.4. The Morgan fingerprint density at radius 2 is 1.65 bits per heavy atom. The van der Waals surface area contributed by atoms with Crippen LogP contribution in [0.15, 0.2) is 48.1 Å². The number of hydrogen-bond donors (Lipinski definition) is 0. The molecule has 1 aromatic carbocycles. The van der Waals surface area contributed by atoms with Gasteiger partial charge in [-0.05, 0) is 37.8 Å². The van der Waals surface area contributed by atoms with Crippen LogP contribution in [-0.2, 0) is 19.1 Å². The summed E-state index contributed by atoms with van der Waals surface area (Å²) >= 11 is 0. The van der Waals surface area contributed by atoms with Crippen LogP contribution in [0.3, 0.4) is 0 Å². The maximum Gasteiger partial charge on any atom is 0.324 e. The second kappa shape index (κ2) is 7.27. The van der Waals surface area contributed by atoms with Gasteiger partial charge in [0.25, 0.3) is 0 Å². The van der Waals surface area contributed by atoms with Gasteiger partial charge in [0.2, 0.25) is 0 Å². The number of ether oxygens (including phenoxy) is 2. The molecule has 0 saturated heterocycles. The van der Waals surface area contributed by atoms with Gasteiger partial charge in [-0.3, -0.25) is 9.59 Å². The number of carbonyl (C=O) groups is 2. The third-order valence-electron chi connectivity index (χ3n) is 3.93. The highest BCUT2D eigenvalue weighted by atomic mass is 16.6. The van der Waals surface area contributed by atoms with Crippen molar-refractivity contribution in [1.82, 2.24) is 0 Å². The number of carbonyl (C=O) groups excluding carboxylic acids is 2. The zero-order chi connectivity index (χ0) is 16.9. The molecule has 23 heavy (non-hydrogen) atoms. The number of esters is 2. The lowest BCUT2D eigenvalue weighted by atomic mass is 9.85. The molecule has 0 unspecified atom stereocenters. The van der Waals surface area contributed by atoms with Gasteiger partial charge in [0, 0.05) is 0 Å². The molecule has 0 N–H and O–H groups in total. The molecule has 0 aliphatic heterocycles. The van der Waals surface area contributed by atoms with Crippen molar-refractivity contribution >= 4 is 18.0 Å². The highest BCUT2D eigenvalue weighted by Gasteiger charge is 2.53. The Hall–Kier alpha value is -2.36. The first-order valence-electron chi connectivity index (χ1n) is 7.81. The molecule has 4 nitrogen and oxygen atoms in total. The zero-order valence-electron chi connectivity index (χ0n) is 13.6. The number of allylic oxidation sites excluding steroid dienone is 2. The van der Waals surface area contributed by atoms with Crippen molar-refractivity contribution in [3.63, 3.8) is 0 Å². The Balaban J connectivity index is 2.35. The van der Waals surface area contributed by atoms with Crippen LogP contribution in [-0.4, -0.2) is 25.2 Å². The molecule has 1 aliphatic carbocycles. The van der Waals surface area contributed by atoms with Crippen molar-refractivity contribution in [2.24, 2.45) is 5.41 Å². The minimum Gasteiger partial charge on any atom is -0.465 e. The van der Waals surface area contributed by atoms with Crippen molar-refractivity contribution in [2.75, 3.05) is 13.2 Å². The van der Waals surface area contributed by atoms with E-state index in [1.54, 1.807) is 13.8 Å². The average molecular weight is 314 g/mol. The molecule has 2 rings (SSSR count). The normalized spacial score (nSPS) is 18.0. The molecule has 0 atom stereocenters. The van der Waals surface area contributed by atoms with E-state index in [2.05, 4.69) is 6.58 Å². The molecule has 1 saturated carbocycles. The molecule has 0 amide bonds. The Morgan fingerprint density at radius 1 is 1.09 bits per heavy atom. The van der Waals surface area contributed by atoms with Gasteiger partial charge < -0.3 is 9.47 Å². The first-order chi connectivity index (χ1) is 11.0. The van der Waals surface area contributed by atoms with Gasteiger partial charge in [0.15, 0.2) is 5.41 Å². The molecule has 0 heterocycles. The summed E-state index contributed by atoms with van der Waals surface area (Å²) in [6.45, 7) is 7.93. The van der Waals surface area contributed by atoms with Crippen LogP contribution in [0.5, 0.6) is 0 Å². The van der Waals surface area contributed by atoms with Gasteiger partial charge in [-0.1, -0.05) is 48.6 Å². The van der Waals surface area contributed by atoms with Gasteiger partial charge >= 0.3 is 11.9 Å². The summed E-state index contributed by atoms with van der Waals surface area (Å²) < 4.78 is 10.3. The lowest BCUT2D eigenvalue weighted by Crippen LogP contribution is -2.39. The van der Waals surface area contributed by atoms with E-state index in [1.807, 2.05) is 36.4 Å². The Labute approximate surface area is 136 Å². The second-order valence-electron chi connectivity index (χ2n) is 5.56. The number of rotatable bonds is 5. The lowest BCUT2D eigenvalue weighted by molar-refractivity contribution is -0.171. The quantitative estimate of drug-likeness (QED) is 0.616. The fourth-order valence-corrected chi connectivity index (χ4v) is 2.80. The van der Waals surface area contributed by atoms with Crippen LogP contribution >= 0.6 is 0 Å². The summed E-state index contributed by atoms with van der Waals surface area (Å²) in [5.41, 5.74) is 1.36. The topological polar surface area (TPSA) is 52.6 Å². The van der Waals surface area contributed by atoms with Crippen molar-refractivity contribution in [3.05, 3.63) is 53.6 Å². The molecule has 1 fully saturated rings. The zero-order valence-corrected chi connectivity index (χ0v) is 13.6. The van der Waals surface area contributed by atoms with Crippen LogP contribution in [0, 0.1) is 5.41 Å².